The zero-order valence-electron chi connectivity index (χ0n) is 10.6. The summed E-state index contributed by atoms with van der Waals surface area (Å²) in [5.41, 5.74) is 3.62. The topological polar surface area (TPSA) is 34.1 Å². The number of hydrogen-bond acceptors (Lipinski definition) is 3. The van der Waals surface area contributed by atoms with E-state index < -0.39 is 0 Å². The van der Waals surface area contributed by atoms with Crippen LogP contribution in [-0.2, 0) is 4.74 Å². The molecule has 3 rings (SSSR count). The first-order valence-electron chi connectivity index (χ1n) is 6.51. The normalized spacial score (nSPS) is 20.8. The molecule has 18 heavy (non-hydrogen) atoms. The van der Waals surface area contributed by atoms with E-state index in [1.165, 1.54) is 16.5 Å². The molecule has 0 amide bonds. The second kappa shape index (κ2) is 5.04. The lowest BCUT2D eigenvalue weighted by atomic mass is 10.0. The number of ether oxygens (including phenoxy) is 1. The van der Waals surface area contributed by atoms with E-state index in [9.17, 15) is 0 Å². The van der Waals surface area contributed by atoms with Gasteiger partial charge >= 0.3 is 0 Å². The average Bonchev–Trinajstić information content (AvgIpc) is 2.67. The Morgan fingerprint density at radius 2 is 2.28 bits per heavy atom. The van der Waals surface area contributed by atoms with E-state index >= 15 is 0 Å². The summed E-state index contributed by atoms with van der Waals surface area (Å²) in [6.07, 6.45) is 2.98. The van der Waals surface area contributed by atoms with Gasteiger partial charge in [-0.25, -0.2) is 0 Å². The average molecular weight is 242 g/mol. The Labute approximate surface area is 107 Å². The number of hydrogen-bond donors (Lipinski definition) is 1. The quantitative estimate of drug-likeness (QED) is 0.834. The lowest BCUT2D eigenvalue weighted by molar-refractivity contribution is 0.132. The maximum Gasteiger partial charge on any atom is 0.0734 e. The van der Waals surface area contributed by atoms with Crippen molar-refractivity contribution >= 4 is 10.9 Å². The summed E-state index contributed by atoms with van der Waals surface area (Å²) >= 11 is 0. The molecule has 1 fully saturated rings. The van der Waals surface area contributed by atoms with E-state index in [0.717, 1.165) is 31.7 Å². The van der Waals surface area contributed by atoms with Crippen LogP contribution in [0.25, 0.3) is 10.9 Å². The Balaban J connectivity index is 2.08. The minimum atomic E-state index is 0.278. The van der Waals surface area contributed by atoms with Crippen LogP contribution in [0.1, 0.15) is 23.6 Å². The van der Waals surface area contributed by atoms with Crippen molar-refractivity contribution in [2.45, 2.75) is 19.4 Å². The lowest BCUT2D eigenvalue weighted by Gasteiger charge is -2.18. The minimum Gasteiger partial charge on any atom is -0.379 e. The molecule has 1 unspecified atom stereocenters. The molecule has 0 saturated carbocycles. The molecule has 1 atom stereocenters. The van der Waals surface area contributed by atoms with Gasteiger partial charge in [-0.15, -0.1) is 0 Å². The van der Waals surface area contributed by atoms with Crippen LogP contribution in [0.2, 0.25) is 0 Å². The molecule has 1 aliphatic rings. The standard InChI is InChI=1S/C15H18N2O/c1-11-4-2-5-13-12(6-8-17-15(11)13)14-10-18-9-3-7-16-14/h2,4-6,8,14,16H,3,7,9-10H2,1H3. The van der Waals surface area contributed by atoms with Gasteiger partial charge in [0.05, 0.1) is 18.2 Å². The van der Waals surface area contributed by atoms with Gasteiger partial charge in [0.2, 0.25) is 0 Å². The first-order chi connectivity index (χ1) is 8.86. The third-order valence-electron chi connectivity index (χ3n) is 3.52. The van der Waals surface area contributed by atoms with E-state index in [1.807, 2.05) is 6.20 Å². The molecule has 1 saturated heterocycles. The number of rotatable bonds is 1. The predicted molar refractivity (Wildman–Crippen MR) is 72.7 cm³/mol. The molecular formula is C15H18N2O. The van der Waals surface area contributed by atoms with Crippen molar-refractivity contribution in [2.24, 2.45) is 0 Å². The van der Waals surface area contributed by atoms with Crippen LogP contribution in [0, 0.1) is 6.92 Å². The van der Waals surface area contributed by atoms with Gasteiger partial charge in [-0.2, -0.15) is 0 Å². The molecule has 3 heteroatoms. The Morgan fingerprint density at radius 1 is 1.33 bits per heavy atom. The monoisotopic (exact) mass is 242 g/mol. The van der Waals surface area contributed by atoms with Gasteiger partial charge in [-0.3, -0.25) is 4.98 Å². The smallest absolute Gasteiger partial charge is 0.0734 e. The predicted octanol–water partition coefficient (Wildman–Crippen LogP) is 2.59. The number of nitrogens with zero attached hydrogens (tertiary/aromatic N) is 1. The Kier molecular flexibility index (Phi) is 3.26. The van der Waals surface area contributed by atoms with Crippen molar-refractivity contribution in [1.82, 2.24) is 10.3 Å². The molecule has 3 nitrogen and oxygen atoms in total. The molecule has 1 N–H and O–H groups in total. The van der Waals surface area contributed by atoms with E-state index in [2.05, 4.69) is 41.5 Å². The van der Waals surface area contributed by atoms with Crippen LogP contribution >= 0.6 is 0 Å². The molecule has 2 heterocycles. The summed E-state index contributed by atoms with van der Waals surface area (Å²) in [5, 5.41) is 4.79. The number of aryl methyl sites for hydroxylation is 1. The summed E-state index contributed by atoms with van der Waals surface area (Å²) in [6.45, 7) is 4.72. The van der Waals surface area contributed by atoms with E-state index in [4.69, 9.17) is 4.74 Å². The number of benzene rings is 1. The van der Waals surface area contributed by atoms with Crippen LogP contribution in [-0.4, -0.2) is 24.7 Å². The highest BCUT2D eigenvalue weighted by Crippen LogP contribution is 2.25. The molecule has 0 aliphatic carbocycles. The molecule has 2 aromatic rings. The lowest BCUT2D eigenvalue weighted by Crippen LogP contribution is -2.23. The molecule has 0 spiro atoms. The zero-order valence-corrected chi connectivity index (χ0v) is 10.6. The molecule has 0 bridgehead atoms. The van der Waals surface area contributed by atoms with Crippen LogP contribution < -0.4 is 5.32 Å². The van der Waals surface area contributed by atoms with E-state index in [-0.39, 0.29) is 6.04 Å². The Morgan fingerprint density at radius 3 is 3.22 bits per heavy atom. The highest BCUT2D eigenvalue weighted by Gasteiger charge is 2.16. The molecule has 1 aromatic carbocycles. The summed E-state index contributed by atoms with van der Waals surface area (Å²) in [5.74, 6) is 0. The fourth-order valence-corrected chi connectivity index (χ4v) is 2.56. The zero-order chi connectivity index (χ0) is 12.4. The Bertz CT molecular complexity index is 545. The number of pyridine rings is 1. The Hall–Kier alpha value is -1.45. The fraction of sp³-hybridized carbons (Fsp3) is 0.400. The summed E-state index contributed by atoms with van der Waals surface area (Å²) in [7, 11) is 0. The van der Waals surface area contributed by atoms with Crippen molar-refractivity contribution in [3.63, 3.8) is 0 Å². The summed E-state index contributed by atoms with van der Waals surface area (Å²) in [4.78, 5) is 4.49. The van der Waals surface area contributed by atoms with Gasteiger partial charge < -0.3 is 10.1 Å². The van der Waals surface area contributed by atoms with Crippen LogP contribution in [0.5, 0.6) is 0 Å². The number of nitrogens with one attached hydrogen (secondary N) is 1. The van der Waals surface area contributed by atoms with Crippen molar-refractivity contribution < 1.29 is 4.74 Å². The highest BCUT2D eigenvalue weighted by atomic mass is 16.5. The van der Waals surface area contributed by atoms with Crippen molar-refractivity contribution in [3.05, 3.63) is 41.6 Å². The molecule has 94 valence electrons. The van der Waals surface area contributed by atoms with Crippen LogP contribution in [0.4, 0.5) is 0 Å². The first kappa shape index (κ1) is 11.6. The third-order valence-corrected chi connectivity index (χ3v) is 3.52. The number of para-hydroxylation sites is 1. The molecule has 1 aliphatic heterocycles. The molecule has 0 radical (unpaired) electrons. The second-order valence-electron chi connectivity index (χ2n) is 4.81. The van der Waals surface area contributed by atoms with Gasteiger partial charge in [0.1, 0.15) is 0 Å². The highest BCUT2D eigenvalue weighted by molar-refractivity contribution is 5.85. The van der Waals surface area contributed by atoms with Crippen LogP contribution in [0.3, 0.4) is 0 Å². The third kappa shape index (κ3) is 2.11. The molecule has 1 aromatic heterocycles. The second-order valence-corrected chi connectivity index (χ2v) is 4.81. The largest absolute Gasteiger partial charge is 0.379 e. The van der Waals surface area contributed by atoms with Crippen molar-refractivity contribution in [3.8, 4) is 0 Å². The molecular weight excluding hydrogens is 224 g/mol. The fourth-order valence-electron chi connectivity index (χ4n) is 2.56. The first-order valence-corrected chi connectivity index (χ1v) is 6.51. The van der Waals surface area contributed by atoms with Gasteiger partial charge in [-0.05, 0) is 37.1 Å². The number of fused-ring (bicyclic) bond motifs is 1. The van der Waals surface area contributed by atoms with Crippen LogP contribution in [0.15, 0.2) is 30.5 Å². The maximum atomic E-state index is 5.66. The number of aromatic nitrogens is 1. The van der Waals surface area contributed by atoms with Gasteiger partial charge in [0.25, 0.3) is 0 Å². The summed E-state index contributed by atoms with van der Waals surface area (Å²) < 4.78 is 5.66. The minimum absolute atomic E-state index is 0.278. The van der Waals surface area contributed by atoms with Gasteiger partial charge in [0, 0.05) is 18.2 Å². The SMILES string of the molecule is Cc1cccc2c(C3COCCCN3)ccnc12. The van der Waals surface area contributed by atoms with Crippen molar-refractivity contribution in [1.29, 1.82) is 0 Å². The van der Waals surface area contributed by atoms with E-state index in [0.29, 0.717) is 0 Å². The van der Waals surface area contributed by atoms with Crippen molar-refractivity contribution in [2.75, 3.05) is 19.8 Å². The summed E-state index contributed by atoms with van der Waals surface area (Å²) in [6, 6.07) is 8.74. The van der Waals surface area contributed by atoms with E-state index in [1.54, 1.807) is 0 Å². The van der Waals surface area contributed by atoms with Gasteiger partial charge in [-0.1, -0.05) is 18.2 Å². The van der Waals surface area contributed by atoms with Gasteiger partial charge in [0.15, 0.2) is 0 Å². The maximum absolute atomic E-state index is 5.66.